The lowest BCUT2D eigenvalue weighted by Crippen LogP contribution is -2.21. The van der Waals surface area contributed by atoms with Crippen LogP contribution in [0.3, 0.4) is 0 Å². The van der Waals surface area contributed by atoms with E-state index in [0.717, 1.165) is 6.42 Å². The Kier molecular flexibility index (Phi) is 7.86. The highest BCUT2D eigenvalue weighted by Crippen LogP contribution is 2.18. The van der Waals surface area contributed by atoms with Gasteiger partial charge in [0.15, 0.2) is 0 Å². The van der Waals surface area contributed by atoms with E-state index in [1.54, 1.807) is 0 Å². The number of aryl methyl sites for hydroxylation is 2. The van der Waals surface area contributed by atoms with Crippen LogP contribution in [0.25, 0.3) is 0 Å². The average Bonchev–Trinajstić information content (AvgIpc) is 2.41. The van der Waals surface area contributed by atoms with Crippen molar-refractivity contribution in [3.05, 3.63) is 34.9 Å². The van der Waals surface area contributed by atoms with E-state index >= 15 is 0 Å². The minimum absolute atomic E-state index is 0.0197. The first-order chi connectivity index (χ1) is 9.54. The molecule has 0 saturated carbocycles. The second kappa shape index (κ2) is 9.15. The highest BCUT2D eigenvalue weighted by molar-refractivity contribution is 5.32. The third-order valence-corrected chi connectivity index (χ3v) is 3.85. The Morgan fingerprint density at radius 1 is 1.15 bits per heavy atom. The molecular weight excluding hydrogens is 246 g/mol. The largest absolute Gasteiger partial charge is 0.377 e. The van der Waals surface area contributed by atoms with Gasteiger partial charge in [-0.05, 0) is 38.3 Å². The van der Waals surface area contributed by atoms with Crippen LogP contribution in [-0.2, 0) is 4.74 Å². The van der Waals surface area contributed by atoms with Crippen molar-refractivity contribution in [3.8, 4) is 0 Å². The molecule has 1 rings (SSSR count). The molecule has 0 bridgehead atoms. The van der Waals surface area contributed by atoms with E-state index in [1.165, 1.54) is 42.4 Å². The van der Waals surface area contributed by atoms with Crippen LogP contribution in [0.2, 0.25) is 0 Å². The van der Waals surface area contributed by atoms with Crippen molar-refractivity contribution in [1.29, 1.82) is 0 Å². The van der Waals surface area contributed by atoms with Gasteiger partial charge in [0, 0.05) is 0 Å². The summed E-state index contributed by atoms with van der Waals surface area (Å²) in [6.45, 7) is 9.23. The fraction of sp³-hybridized carbons (Fsp3) is 0.667. The van der Waals surface area contributed by atoms with Gasteiger partial charge in [0.2, 0.25) is 0 Å². The first kappa shape index (κ1) is 17.2. The summed E-state index contributed by atoms with van der Waals surface area (Å²) in [7, 11) is 0. The molecule has 0 heterocycles. The van der Waals surface area contributed by atoms with E-state index in [9.17, 15) is 0 Å². The fourth-order valence-electron chi connectivity index (χ4n) is 2.54. The molecule has 1 aromatic rings. The molecule has 0 aliphatic rings. The smallest absolute Gasteiger partial charge is 0.0663 e. The SMILES string of the molecule is CCCCCCC(C)OCC(N)c1ccc(C)cc1C. The minimum Gasteiger partial charge on any atom is -0.377 e. The molecule has 0 amide bonds. The lowest BCUT2D eigenvalue weighted by atomic mass is 10.0. The number of ether oxygens (including phenoxy) is 1. The Morgan fingerprint density at radius 2 is 1.90 bits per heavy atom. The van der Waals surface area contributed by atoms with Gasteiger partial charge in [-0.15, -0.1) is 0 Å². The van der Waals surface area contributed by atoms with Gasteiger partial charge in [0.1, 0.15) is 0 Å². The Hall–Kier alpha value is -0.860. The monoisotopic (exact) mass is 277 g/mol. The van der Waals surface area contributed by atoms with E-state index < -0.39 is 0 Å². The zero-order valence-corrected chi connectivity index (χ0v) is 13.6. The summed E-state index contributed by atoms with van der Waals surface area (Å²) < 4.78 is 5.90. The zero-order chi connectivity index (χ0) is 15.0. The lowest BCUT2D eigenvalue weighted by molar-refractivity contribution is 0.0490. The molecule has 2 N–H and O–H groups in total. The molecule has 0 aliphatic carbocycles. The second-order valence-electron chi connectivity index (χ2n) is 5.96. The van der Waals surface area contributed by atoms with Crippen LogP contribution in [0.5, 0.6) is 0 Å². The van der Waals surface area contributed by atoms with Gasteiger partial charge in [-0.1, -0.05) is 56.4 Å². The predicted molar refractivity (Wildman–Crippen MR) is 87.0 cm³/mol. The van der Waals surface area contributed by atoms with Crippen LogP contribution in [0.15, 0.2) is 18.2 Å². The average molecular weight is 277 g/mol. The van der Waals surface area contributed by atoms with E-state index in [2.05, 4.69) is 45.9 Å². The first-order valence-corrected chi connectivity index (χ1v) is 7.99. The zero-order valence-electron chi connectivity index (χ0n) is 13.6. The van der Waals surface area contributed by atoms with Crippen LogP contribution < -0.4 is 5.73 Å². The van der Waals surface area contributed by atoms with Gasteiger partial charge in [-0.25, -0.2) is 0 Å². The minimum atomic E-state index is -0.0197. The molecular formula is C18H31NO. The van der Waals surface area contributed by atoms with Crippen molar-refractivity contribution in [2.24, 2.45) is 5.73 Å². The van der Waals surface area contributed by atoms with E-state index in [0.29, 0.717) is 12.7 Å². The lowest BCUT2D eigenvalue weighted by Gasteiger charge is -2.19. The van der Waals surface area contributed by atoms with Crippen LogP contribution in [0, 0.1) is 13.8 Å². The van der Waals surface area contributed by atoms with Crippen molar-refractivity contribution < 1.29 is 4.74 Å². The molecule has 0 fully saturated rings. The molecule has 0 saturated heterocycles. The number of hydrogen-bond acceptors (Lipinski definition) is 2. The maximum absolute atomic E-state index is 6.25. The topological polar surface area (TPSA) is 35.2 Å². The summed E-state index contributed by atoms with van der Waals surface area (Å²) in [5, 5.41) is 0. The van der Waals surface area contributed by atoms with Crippen LogP contribution in [0.1, 0.15) is 68.7 Å². The van der Waals surface area contributed by atoms with Crippen LogP contribution in [-0.4, -0.2) is 12.7 Å². The Balaban J connectivity index is 2.33. The molecule has 2 atom stereocenters. The number of nitrogens with two attached hydrogens (primary N) is 1. The number of benzene rings is 1. The Labute approximate surface area is 124 Å². The summed E-state index contributed by atoms with van der Waals surface area (Å²) >= 11 is 0. The molecule has 114 valence electrons. The highest BCUT2D eigenvalue weighted by atomic mass is 16.5. The van der Waals surface area contributed by atoms with Gasteiger partial charge in [-0.3, -0.25) is 0 Å². The molecule has 2 unspecified atom stereocenters. The molecule has 2 nitrogen and oxygen atoms in total. The van der Waals surface area contributed by atoms with Gasteiger partial charge in [0.05, 0.1) is 18.8 Å². The molecule has 2 heteroatoms. The normalized spacial score (nSPS) is 14.2. The van der Waals surface area contributed by atoms with Gasteiger partial charge in [-0.2, -0.15) is 0 Å². The Morgan fingerprint density at radius 3 is 2.55 bits per heavy atom. The number of rotatable bonds is 9. The quantitative estimate of drug-likeness (QED) is 0.665. The standard InChI is InChI=1S/C18H31NO/c1-5-6-7-8-9-16(4)20-13-18(19)17-11-10-14(2)12-15(17)3/h10-12,16,18H,5-9,13,19H2,1-4H3. The summed E-state index contributed by atoms with van der Waals surface area (Å²) in [5.41, 5.74) is 9.99. The van der Waals surface area contributed by atoms with Crippen molar-refractivity contribution in [1.82, 2.24) is 0 Å². The Bertz CT molecular complexity index is 389. The second-order valence-corrected chi connectivity index (χ2v) is 5.96. The first-order valence-electron chi connectivity index (χ1n) is 7.99. The van der Waals surface area contributed by atoms with E-state index in [1.807, 2.05) is 0 Å². The molecule has 0 radical (unpaired) electrons. The number of hydrogen-bond donors (Lipinski definition) is 1. The molecule has 20 heavy (non-hydrogen) atoms. The van der Waals surface area contributed by atoms with Crippen molar-refractivity contribution in [2.75, 3.05) is 6.61 Å². The predicted octanol–water partition coefficient (Wildman–Crippen LogP) is 4.68. The van der Waals surface area contributed by atoms with Gasteiger partial charge >= 0.3 is 0 Å². The summed E-state index contributed by atoms with van der Waals surface area (Å²) in [6, 6.07) is 6.42. The van der Waals surface area contributed by atoms with Crippen LogP contribution >= 0.6 is 0 Å². The van der Waals surface area contributed by atoms with Crippen molar-refractivity contribution in [2.45, 2.75) is 71.9 Å². The molecule has 0 aromatic heterocycles. The highest BCUT2D eigenvalue weighted by Gasteiger charge is 2.11. The summed E-state index contributed by atoms with van der Waals surface area (Å²) in [4.78, 5) is 0. The fourth-order valence-corrected chi connectivity index (χ4v) is 2.54. The molecule has 1 aromatic carbocycles. The van der Waals surface area contributed by atoms with Crippen molar-refractivity contribution in [3.63, 3.8) is 0 Å². The maximum Gasteiger partial charge on any atom is 0.0663 e. The summed E-state index contributed by atoms with van der Waals surface area (Å²) in [5.74, 6) is 0. The molecule has 0 aliphatic heterocycles. The maximum atomic E-state index is 6.25. The van der Waals surface area contributed by atoms with Gasteiger partial charge in [0.25, 0.3) is 0 Å². The van der Waals surface area contributed by atoms with Crippen LogP contribution in [0.4, 0.5) is 0 Å². The molecule has 0 spiro atoms. The van der Waals surface area contributed by atoms with E-state index in [4.69, 9.17) is 10.5 Å². The van der Waals surface area contributed by atoms with E-state index in [-0.39, 0.29) is 6.04 Å². The third kappa shape index (κ3) is 6.06. The number of unbranched alkanes of at least 4 members (excludes halogenated alkanes) is 3. The van der Waals surface area contributed by atoms with Gasteiger partial charge < -0.3 is 10.5 Å². The summed E-state index contributed by atoms with van der Waals surface area (Å²) in [6.07, 6.45) is 6.63. The third-order valence-electron chi connectivity index (χ3n) is 3.85. The van der Waals surface area contributed by atoms with Crippen molar-refractivity contribution >= 4 is 0 Å².